The Labute approximate surface area is 127 Å². The molecule has 1 aromatic carbocycles. The minimum absolute atomic E-state index is 0. The summed E-state index contributed by atoms with van der Waals surface area (Å²) >= 11 is 3.21. The predicted octanol–water partition coefficient (Wildman–Crippen LogP) is 2.83. The van der Waals surface area contributed by atoms with E-state index >= 15 is 0 Å². The first-order chi connectivity index (χ1) is 8.60. The third kappa shape index (κ3) is 4.16. The molecule has 0 radical (unpaired) electrons. The highest BCUT2D eigenvalue weighted by atomic mass is 79.9. The topological polar surface area (TPSA) is 32.3 Å². The highest BCUT2D eigenvalue weighted by molar-refractivity contribution is 9.10. The van der Waals surface area contributed by atoms with Gasteiger partial charge < -0.3 is 10.2 Å². The second-order valence-corrected chi connectivity index (χ2v) is 5.43. The van der Waals surface area contributed by atoms with E-state index in [0.717, 1.165) is 25.9 Å². The van der Waals surface area contributed by atoms with Crippen molar-refractivity contribution < 1.29 is 9.18 Å². The molecule has 1 aliphatic rings. The molecular formula is C13H17BrClFN2O. The molecule has 106 valence electrons. The zero-order valence-corrected chi connectivity index (χ0v) is 13.1. The highest BCUT2D eigenvalue weighted by Gasteiger charge is 2.23. The number of piperidine rings is 1. The second-order valence-electron chi connectivity index (χ2n) is 4.51. The number of nitrogens with zero attached hydrogens (tertiary/aromatic N) is 1. The third-order valence-electron chi connectivity index (χ3n) is 3.30. The number of carbonyl (C=O) groups excluding carboxylic acids is 1. The van der Waals surface area contributed by atoms with Crippen LogP contribution in [0.1, 0.15) is 23.2 Å². The van der Waals surface area contributed by atoms with Gasteiger partial charge in [0.05, 0.1) is 0 Å². The summed E-state index contributed by atoms with van der Waals surface area (Å²) in [5.74, 6) is -0.484. The minimum Gasteiger partial charge on any atom is -0.339 e. The molecule has 0 saturated carbocycles. The minimum atomic E-state index is -0.391. The summed E-state index contributed by atoms with van der Waals surface area (Å²) in [6, 6.07) is 4.78. The van der Waals surface area contributed by atoms with Crippen LogP contribution in [0.2, 0.25) is 0 Å². The van der Waals surface area contributed by atoms with Crippen molar-refractivity contribution in [1.29, 1.82) is 0 Å². The normalized spacial score (nSPS) is 16.1. The molecular weight excluding hydrogens is 335 g/mol. The fourth-order valence-electron chi connectivity index (χ4n) is 2.23. The van der Waals surface area contributed by atoms with Gasteiger partial charge in [-0.1, -0.05) is 15.9 Å². The van der Waals surface area contributed by atoms with Crippen molar-refractivity contribution in [2.24, 2.45) is 0 Å². The van der Waals surface area contributed by atoms with Crippen LogP contribution in [0.25, 0.3) is 0 Å². The Morgan fingerprint density at radius 3 is 2.53 bits per heavy atom. The molecule has 0 spiro atoms. The van der Waals surface area contributed by atoms with E-state index in [2.05, 4.69) is 21.2 Å². The van der Waals surface area contributed by atoms with Crippen molar-refractivity contribution in [1.82, 2.24) is 10.2 Å². The fourth-order valence-corrected chi connectivity index (χ4v) is 2.70. The van der Waals surface area contributed by atoms with Crippen LogP contribution < -0.4 is 5.32 Å². The molecule has 0 unspecified atom stereocenters. The van der Waals surface area contributed by atoms with E-state index in [-0.39, 0.29) is 18.3 Å². The van der Waals surface area contributed by atoms with E-state index in [9.17, 15) is 9.18 Å². The number of benzene rings is 1. The first-order valence-electron chi connectivity index (χ1n) is 6.03. The summed E-state index contributed by atoms with van der Waals surface area (Å²) in [4.78, 5) is 14.0. The molecule has 19 heavy (non-hydrogen) atoms. The van der Waals surface area contributed by atoms with Gasteiger partial charge in [0, 0.05) is 29.2 Å². The molecule has 2 rings (SSSR count). The van der Waals surface area contributed by atoms with Gasteiger partial charge >= 0.3 is 0 Å². The van der Waals surface area contributed by atoms with Crippen molar-refractivity contribution in [3.8, 4) is 0 Å². The number of halogens is 3. The average molecular weight is 352 g/mol. The van der Waals surface area contributed by atoms with Crippen LogP contribution in [-0.2, 0) is 0 Å². The van der Waals surface area contributed by atoms with Crippen LogP contribution in [0.15, 0.2) is 22.7 Å². The molecule has 0 aromatic heterocycles. The van der Waals surface area contributed by atoms with Crippen LogP contribution in [0.4, 0.5) is 4.39 Å². The Morgan fingerprint density at radius 1 is 1.37 bits per heavy atom. The van der Waals surface area contributed by atoms with Gasteiger partial charge in [-0.15, -0.1) is 12.4 Å². The number of likely N-dealkylation sites (tertiary alicyclic amines) is 1. The maximum Gasteiger partial charge on any atom is 0.253 e. The van der Waals surface area contributed by atoms with Gasteiger partial charge in [0.25, 0.3) is 5.91 Å². The first kappa shape index (κ1) is 16.4. The maximum atomic E-state index is 13.3. The van der Waals surface area contributed by atoms with Crippen molar-refractivity contribution in [2.45, 2.75) is 18.9 Å². The molecule has 0 bridgehead atoms. The molecule has 1 aliphatic heterocycles. The average Bonchev–Trinajstić information content (AvgIpc) is 2.37. The zero-order valence-electron chi connectivity index (χ0n) is 10.7. The standard InChI is InChI=1S/C13H16BrFN2O.ClH/c1-16-12-2-4-17(5-3-12)13(18)9-6-10(14)8-11(15)7-9;/h6-8,12,16H,2-5H2,1H3;1H. The smallest absolute Gasteiger partial charge is 0.253 e. The van der Waals surface area contributed by atoms with Gasteiger partial charge in [0.2, 0.25) is 0 Å². The van der Waals surface area contributed by atoms with Gasteiger partial charge in [0.1, 0.15) is 5.82 Å². The van der Waals surface area contributed by atoms with Crippen molar-refractivity contribution in [3.05, 3.63) is 34.1 Å². The predicted molar refractivity (Wildman–Crippen MR) is 79.3 cm³/mol. The Bertz CT molecular complexity index is 430. The molecule has 1 fully saturated rings. The maximum absolute atomic E-state index is 13.3. The van der Waals surface area contributed by atoms with Crippen molar-refractivity contribution in [3.63, 3.8) is 0 Å². The van der Waals surface area contributed by atoms with E-state index in [1.165, 1.54) is 12.1 Å². The molecule has 0 aliphatic carbocycles. The Kier molecular flexibility index (Phi) is 6.23. The summed E-state index contributed by atoms with van der Waals surface area (Å²) in [6.45, 7) is 1.44. The van der Waals surface area contributed by atoms with Crippen molar-refractivity contribution in [2.75, 3.05) is 20.1 Å². The van der Waals surface area contributed by atoms with E-state index in [1.807, 2.05) is 7.05 Å². The molecule has 1 N–H and O–H groups in total. The number of amides is 1. The van der Waals surface area contributed by atoms with E-state index in [1.54, 1.807) is 11.0 Å². The van der Waals surface area contributed by atoms with Gasteiger partial charge in [0.15, 0.2) is 0 Å². The monoisotopic (exact) mass is 350 g/mol. The number of nitrogens with one attached hydrogen (secondary N) is 1. The Balaban J connectivity index is 0.00000180. The fraction of sp³-hybridized carbons (Fsp3) is 0.462. The van der Waals surface area contributed by atoms with Crippen LogP contribution in [0.3, 0.4) is 0 Å². The summed E-state index contributed by atoms with van der Waals surface area (Å²) < 4.78 is 13.9. The second kappa shape index (κ2) is 7.22. The highest BCUT2D eigenvalue weighted by Crippen LogP contribution is 2.18. The summed E-state index contributed by atoms with van der Waals surface area (Å²) in [5.41, 5.74) is 0.407. The van der Waals surface area contributed by atoms with E-state index < -0.39 is 5.82 Å². The summed E-state index contributed by atoms with van der Waals surface area (Å²) in [5, 5.41) is 3.22. The van der Waals surface area contributed by atoms with Crippen LogP contribution in [0.5, 0.6) is 0 Å². The van der Waals surface area contributed by atoms with Crippen LogP contribution in [-0.4, -0.2) is 37.0 Å². The lowest BCUT2D eigenvalue weighted by molar-refractivity contribution is 0.0707. The molecule has 1 amide bonds. The summed E-state index contributed by atoms with van der Waals surface area (Å²) in [7, 11) is 1.94. The lowest BCUT2D eigenvalue weighted by Gasteiger charge is -2.31. The summed E-state index contributed by atoms with van der Waals surface area (Å²) in [6.07, 6.45) is 1.89. The number of carbonyl (C=O) groups is 1. The van der Waals surface area contributed by atoms with Gasteiger partial charge in [-0.3, -0.25) is 4.79 Å². The Morgan fingerprint density at radius 2 is 2.00 bits per heavy atom. The van der Waals surface area contributed by atoms with Gasteiger partial charge in [-0.05, 0) is 38.1 Å². The molecule has 6 heteroatoms. The largest absolute Gasteiger partial charge is 0.339 e. The first-order valence-corrected chi connectivity index (χ1v) is 6.82. The van der Waals surface area contributed by atoms with Crippen LogP contribution >= 0.6 is 28.3 Å². The molecule has 1 saturated heterocycles. The molecule has 1 heterocycles. The van der Waals surface area contributed by atoms with Gasteiger partial charge in [-0.25, -0.2) is 4.39 Å². The Hall–Kier alpha value is -0.650. The van der Waals surface area contributed by atoms with Crippen LogP contribution in [0, 0.1) is 5.82 Å². The molecule has 0 atom stereocenters. The zero-order chi connectivity index (χ0) is 13.1. The van der Waals surface area contributed by atoms with Gasteiger partial charge in [-0.2, -0.15) is 0 Å². The quantitative estimate of drug-likeness (QED) is 0.888. The number of rotatable bonds is 2. The SMILES string of the molecule is CNC1CCN(C(=O)c2cc(F)cc(Br)c2)CC1.Cl. The molecule has 1 aromatic rings. The van der Waals surface area contributed by atoms with Crippen molar-refractivity contribution >= 4 is 34.2 Å². The van der Waals surface area contributed by atoms with E-state index in [0.29, 0.717) is 16.1 Å². The number of hydrogen-bond acceptors (Lipinski definition) is 2. The lowest BCUT2D eigenvalue weighted by Crippen LogP contribution is -2.43. The number of hydrogen-bond donors (Lipinski definition) is 1. The third-order valence-corrected chi connectivity index (χ3v) is 3.76. The van der Waals surface area contributed by atoms with E-state index in [4.69, 9.17) is 0 Å². The lowest BCUT2D eigenvalue weighted by atomic mass is 10.0. The molecule has 3 nitrogen and oxygen atoms in total.